The number of nitrogens with one attached hydrogen (secondary N) is 1. The number of rotatable bonds is 17. The molecule has 1 N–H and O–H groups in total. The average Bonchev–Trinajstić information content (AvgIpc) is 2.73. The van der Waals surface area contributed by atoms with Crippen molar-refractivity contribution in [2.24, 2.45) is 5.10 Å². The van der Waals surface area contributed by atoms with Crippen molar-refractivity contribution in [2.45, 2.75) is 96.8 Å². The maximum absolute atomic E-state index is 11.8. The van der Waals surface area contributed by atoms with Crippen molar-refractivity contribution in [1.29, 1.82) is 0 Å². The number of carbonyl (C=O) groups is 1. The van der Waals surface area contributed by atoms with E-state index in [1.807, 2.05) is 0 Å². The van der Waals surface area contributed by atoms with Crippen LogP contribution >= 0.6 is 0 Å². The lowest BCUT2D eigenvalue weighted by atomic mass is 10.1. The zero-order valence-corrected chi connectivity index (χ0v) is 17.7. The molecule has 1 rings (SSSR count). The summed E-state index contributed by atoms with van der Waals surface area (Å²) in [5, 5.41) is 4.00. The van der Waals surface area contributed by atoms with Gasteiger partial charge in [0.05, 0.1) is 0 Å². The van der Waals surface area contributed by atoms with Crippen LogP contribution in [0.2, 0.25) is 0 Å². The van der Waals surface area contributed by atoms with Crippen molar-refractivity contribution < 1.29 is 4.79 Å². The minimum absolute atomic E-state index is 0.191. The number of aromatic nitrogens is 1. The molecule has 0 spiro atoms. The first kappa shape index (κ1) is 24.1. The van der Waals surface area contributed by atoms with Gasteiger partial charge in [0.15, 0.2) is 0 Å². The first-order valence-corrected chi connectivity index (χ1v) is 11.2. The van der Waals surface area contributed by atoms with E-state index in [1.165, 1.54) is 77.0 Å². The highest BCUT2D eigenvalue weighted by Gasteiger charge is 2.01. The average molecular weight is 386 g/mol. The van der Waals surface area contributed by atoms with E-state index in [4.69, 9.17) is 0 Å². The topological polar surface area (TPSA) is 54.4 Å². The molecule has 0 saturated heterocycles. The highest BCUT2D eigenvalue weighted by molar-refractivity contribution is 5.94. The second-order valence-corrected chi connectivity index (χ2v) is 7.36. The van der Waals surface area contributed by atoms with Gasteiger partial charge in [-0.25, -0.2) is 5.43 Å². The lowest BCUT2D eigenvalue weighted by Crippen LogP contribution is -2.17. The van der Waals surface area contributed by atoms with Crippen LogP contribution in [0.4, 0.5) is 0 Å². The Morgan fingerprint density at radius 1 is 0.857 bits per heavy atom. The highest BCUT2D eigenvalue weighted by atomic mass is 16.2. The van der Waals surface area contributed by atoms with E-state index in [9.17, 15) is 4.79 Å². The van der Waals surface area contributed by atoms with Crippen LogP contribution in [0.1, 0.15) is 107 Å². The van der Waals surface area contributed by atoms with Gasteiger partial charge in [-0.2, -0.15) is 5.10 Å². The monoisotopic (exact) mass is 385 g/mol. The predicted octanol–water partition coefficient (Wildman–Crippen LogP) is 6.83. The van der Waals surface area contributed by atoms with Gasteiger partial charge in [0.1, 0.15) is 0 Å². The number of hydrazone groups is 1. The molecule has 1 aromatic rings. The van der Waals surface area contributed by atoms with Gasteiger partial charge in [0.25, 0.3) is 5.91 Å². The zero-order chi connectivity index (χ0) is 20.1. The van der Waals surface area contributed by atoms with Crippen LogP contribution in [0.5, 0.6) is 0 Å². The van der Waals surface area contributed by atoms with E-state index >= 15 is 0 Å². The molecular weight excluding hydrogens is 346 g/mol. The second kappa shape index (κ2) is 18.4. The van der Waals surface area contributed by atoms with Crippen molar-refractivity contribution >= 4 is 12.1 Å². The van der Waals surface area contributed by atoms with E-state index in [0.717, 1.165) is 12.8 Å². The second-order valence-electron chi connectivity index (χ2n) is 7.36. The van der Waals surface area contributed by atoms with Crippen molar-refractivity contribution in [2.75, 3.05) is 0 Å². The summed E-state index contributed by atoms with van der Waals surface area (Å²) in [4.78, 5) is 15.6. The van der Waals surface area contributed by atoms with Gasteiger partial charge in [-0.15, -0.1) is 0 Å². The van der Waals surface area contributed by atoms with Crippen molar-refractivity contribution in [3.05, 3.63) is 42.2 Å². The third-order valence-corrected chi connectivity index (χ3v) is 4.79. The molecule has 0 fully saturated rings. The van der Waals surface area contributed by atoms with E-state index in [1.54, 1.807) is 30.7 Å². The number of hydrogen-bond donors (Lipinski definition) is 1. The van der Waals surface area contributed by atoms with E-state index < -0.39 is 0 Å². The summed E-state index contributed by atoms with van der Waals surface area (Å²) in [5.74, 6) is -0.191. The van der Waals surface area contributed by atoms with Gasteiger partial charge in [0.2, 0.25) is 0 Å². The fourth-order valence-electron chi connectivity index (χ4n) is 3.04. The number of allylic oxidation sites excluding steroid dienone is 2. The predicted molar refractivity (Wildman–Crippen MR) is 120 cm³/mol. The number of amides is 1. The molecule has 156 valence electrons. The fourth-order valence-corrected chi connectivity index (χ4v) is 3.04. The molecule has 0 aliphatic heterocycles. The Morgan fingerprint density at radius 3 is 2.00 bits per heavy atom. The molecule has 0 aromatic carbocycles. The summed E-state index contributed by atoms with van der Waals surface area (Å²) >= 11 is 0. The Kier molecular flexibility index (Phi) is 15.8. The van der Waals surface area contributed by atoms with Gasteiger partial charge in [0, 0.05) is 24.2 Å². The normalized spacial score (nSPS) is 11.5. The molecule has 4 heteroatoms. The smallest absolute Gasteiger partial charge is 0.267 e. The van der Waals surface area contributed by atoms with E-state index in [0.29, 0.717) is 5.56 Å². The molecule has 0 unspecified atom stereocenters. The van der Waals surface area contributed by atoms with Gasteiger partial charge < -0.3 is 0 Å². The lowest BCUT2D eigenvalue weighted by Gasteiger charge is -2.00. The molecule has 0 radical (unpaired) electrons. The third-order valence-electron chi connectivity index (χ3n) is 4.79. The minimum atomic E-state index is -0.191. The molecule has 0 saturated carbocycles. The van der Waals surface area contributed by atoms with Gasteiger partial charge in [-0.3, -0.25) is 9.78 Å². The number of pyridine rings is 1. The SMILES string of the molecule is CCCCCCCCC=CCCCCCCCC=NNC(=O)c1ccncc1. The number of nitrogens with zero attached hydrogens (tertiary/aromatic N) is 2. The summed E-state index contributed by atoms with van der Waals surface area (Å²) in [6, 6.07) is 3.35. The fraction of sp³-hybridized carbons (Fsp3) is 0.625. The lowest BCUT2D eigenvalue weighted by molar-refractivity contribution is 0.0955. The number of hydrogen-bond acceptors (Lipinski definition) is 3. The third kappa shape index (κ3) is 14.1. The quantitative estimate of drug-likeness (QED) is 0.138. The molecule has 0 aliphatic rings. The number of unbranched alkanes of at least 4 members (excludes halogenated alkanes) is 12. The summed E-state index contributed by atoms with van der Waals surface area (Å²) in [6.07, 6.45) is 27.6. The van der Waals surface area contributed by atoms with Crippen molar-refractivity contribution in [1.82, 2.24) is 10.4 Å². The molecule has 0 aliphatic carbocycles. The van der Waals surface area contributed by atoms with Crippen LogP contribution in [0.15, 0.2) is 41.8 Å². The Balaban J connectivity index is 1.84. The maximum atomic E-state index is 11.8. The van der Waals surface area contributed by atoms with E-state index in [2.05, 4.69) is 34.6 Å². The van der Waals surface area contributed by atoms with Crippen LogP contribution in [-0.2, 0) is 0 Å². The van der Waals surface area contributed by atoms with Gasteiger partial charge in [-0.1, -0.05) is 70.4 Å². The standard InChI is InChI=1S/C24H39N3O/c1-2-3-4-5-6-7-8-9-10-11-12-13-14-15-16-17-20-26-27-24(28)23-18-21-25-22-19-23/h9-10,18-22H,2-8,11-17H2,1H3,(H,27,28). The summed E-state index contributed by atoms with van der Waals surface area (Å²) in [7, 11) is 0. The first-order valence-electron chi connectivity index (χ1n) is 11.2. The van der Waals surface area contributed by atoms with Crippen LogP contribution in [0, 0.1) is 0 Å². The highest BCUT2D eigenvalue weighted by Crippen LogP contribution is 2.09. The first-order chi connectivity index (χ1) is 13.8. The Morgan fingerprint density at radius 2 is 1.39 bits per heavy atom. The molecule has 0 bridgehead atoms. The molecule has 0 atom stereocenters. The molecule has 28 heavy (non-hydrogen) atoms. The maximum Gasteiger partial charge on any atom is 0.271 e. The Bertz CT molecular complexity index is 540. The van der Waals surface area contributed by atoms with E-state index in [-0.39, 0.29) is 5.91 Å². The van der Waals surface area contributed by atoms with Gasteiger partial charge in [-0.05, 0) is 50.7 Å². The molecule has 1 heterocycles. The summed E-state index contributed by atoms with van der Waals surface area (Å²) < 4.78 is 0. The van der Waals surface area contributed by atoms with Crippen LogP contribution in [-0.4, -0.2) is 17.1 Å². The largest absolute Gasteiger partial charge is 0.271 e. The summed E-state index contributed by atoms with van der Waals surface area (Å²) in [6.45, 7) is 2.27. The Labute approximate surface area is 171 Å². The molecular formula is C24H39N3O. The number of carbonyl (C=O) groups excluding carboxylic acids is 1. The van der Waals surface area contributed by atoms with Gasteiger partial charge >= 0.3 is 0 Å². The Hall–Kier alpha value is -1.97. The van der Waals surface area contributed by atoms with Crippen LogP contribution < -0.4 is 5.43 Å². The zero-order valence-electron chi connectivity index (χ0n) is 17.7. The summed E-state index contributed by atoms with van der Waals surface area (Å²) in [5.41, 5.74) is 3.12. The molecule has 1 amide bonds. The van der Waals surface area contributed by atoms with Crippen LogP contribution in [0.25, 0.3) is 0 Å². The van der Waals surface area contributed by atoms with Crippen molar-refractivity contribution in [3.63, 3.8) is 0 Å². The van der Waals surface area contributed by atoms with Crippen LogP contribution in [0.3, 0.4) is 0 Å². The molecule has 4 nitrogen and oxygen atoms in total. The minimum Gasteiger partial charge on any atom is -0.267 e. The van der Waals surface area contributed by atoms with Crippen molar-refractivity contribution in [3.8, 4) is 0 Å². The molecule has 1 aromatic heterocycles.